The van der Waals surface area contributed by atoms with Crippen LogP contribution in [0.2, 0.25) is 0 Å². The van der Waals surface area contributed by atoms with Crippen LogP contribution in [-0.4, -0.2) is 41.8 Å². The second-order valence-electron chi connectivity index (χ2n) is 5.12. The molecule has 1 aromatic rings. The Balaban J connectivity index is 1.86. The van der Waals surface area contributed by atoms with Gasteiger partial charge in [0.05, 0.1) is 11.9 Å². The minimum Gasteiger partial charge on any atom is -0.468 e. The lowest BCUT2D eigenvalue weighted by Gasteiger charge is -2.20. The lowest BCUT2D eigenvalue weighted by molar-refractivity contribution is -0.154. The summed E-state index contributed by atoms with van der Waals surface area (Å²) in [5.41, 5.74) is 0.425. The molecule has 0 radical (unpaired) electrons. The first-order chi connectivity index (χ1) is 10.4. The predicted octanol–water partition coefficient (Wildman–Crippen LogP) is 3.43. The number of hydrogen-bond donors (Lipinski definition) is 1. The molecule has 1 fully saturated rings. The highest BCUT2D eigenvalue weighted by Crippen LogP contribution is 2.18. The highest BCUT2D eigenvalue weighted by molar-refractivity contribution is 5.89. The van der Waals surface area contributed by atoms with Crippen LogP contribution in [-0.2, 0) is 0 Å². The molecule has 0 aliphatic carbocycles. The molecule has 2 rings (SSSR count). The van der Waals surface area contributed by atoms with Crippen molar-refractivity contribution in [1.29, 1.82) is 0 Å². The van der Waals surface area contributed by atoms with Crippen LogP contribution in [0.25, 0.3) is 0 Å². The summed E-state index contributed by atoms with van der Waals surface area (Å²) in [5.74, 6) is -0.134. The Bertz CT molecular complexity index is 483. The summed E-state index contributed by atoms with van der Waals surface area (Å²) in [6.07, 6.45) is 1.09. The van der Waals surface area contributed by atoms with Crippen LogP contribution >= 0.6 is 0 Å². The molecule has 0 aromatic carbocycles. The van der Waals surface area contributed by atoms with Crippen molar-refractivity contribution in [3.63, 3.8) is 0 Å². The Kier molecular flexibility index (Phi) is 5.46. The van der Waals surface area contributed by atoms with E-state index in [9.17, 15) is 18.0 Å². The van der Waals surface area contributed by atoms with Crippen LogP contribution in [0.1, 0.15) is 25.7 Å². The van der Waals surface area contributed by atoms with Gasteiger partial charge in [-0.05, 0) is 18.9 Å². The molecule has 122 valence electrons. The standard InChI is InChI=1S/C14H18F3N3O2/c15-14(16,17)10-22-12-6-5-11(9-18-12)19-13(21)20-7-3-1-2-4-8-20/h5-6,9H,1-4,7-8,10H2,(H,19,21). The quantitative estimate of drug-likeness (QED) is 0.929. The van der Waals surface area contributed by atoms with Crippen molar-refractivity contribution >= 4 is 11.7 Å². The molecule has 8 heteroatoms. The number of urea groups is 1. The van der Waals surface area contributed by atoms with Crippen LogP contribution in [0.15, 0.2) is 18.3 Å². The predicted molar refractivity (Wildman–Crippen MR) is 74.8 cm³/mol. The summed E-state index contributed by atoms with van der Waals surface area (Å²) < 4.78 is 40.6. The summed E-state index contributed by atoms with van der Waals surface area (Å²) in [7, 11) is 0. The van der Waals surface area contributed by atoms with Gasteiger partial charge in [-0.2, -0.15) is 13.2 Å². The number of amides is 2. The van der Waals surface area contributed by atoms with Crippen molar-refractivity contribution in [2.45, 2.75) is 31.9 Å². The van der Waals surface area contributed by atoms with Crippen LogP contribution in [0.3, 0.4) is 0 Å². The molecule has 0 unspecified atom stereocenters. The number of halogens is 3. The zero-order chi connectivity index (χ0) is 16.0. The van der Waals surface area contributed by atoms with Gasteiger partial charge in [0.2, 0.25) is 5.88 Å². The number of pyridine rings is 1. The molecule has 1 saturated heterocycles. The molecule has 1 aliphatic rings. The summed E-state index contributed by atoms with van der Waals surface area (Å²) >= 11 is 0. The largest absolute Gasteiger partial charge is 0.468 e. The van der Waals surface area contributed by atoms with Gasteiger partial charge in [0, 0.05) is 19.2 Å². The molecule has 1 N–H and O–H groups in total. The van der Waals surface area contributed by atoms with Gasteiger partial charge in [-0.1, -0.05) is 12.8 Å². The number of hydrogen-bond acceptors (Lipinski definition) is 3. The Morgan fingerprint density at radius 2 is 1.91 bits per heavy atom. The molecular weight excluding hydrogens is 299 g/mol. The van der Waals surface area contributed by atoms with E-state index in [-0.39, 0.29) is 11.9 Å². The zero-order valence-electron chi connectivity index (χ0n) is 12.0. The van der Waals surface area contributed by atoms with Gasteiger partial charge in [-0.15, -0.1) is 0 Å². The van der Waals surface area contributed by atoms with Gasteiger partial charge in [-0.25, -0.2) is 9.78 Å². The molecule has 5 nitrogen and oxygen atoms in total. The lowest BCUT2D eigenvalue weighted by atomic mass is 10.2. The minimum absolute atomic E-state index is 0.134. The van der Waals surface area contributed by atoms with Crippen molar-refractivity contribution in [2.24, 2.45) is 0 Å². The highest BCUT2D eigenvalue weighted by Gasteiger charge is 2.28. The van der Waals surface area contributed by atoms with E-state index in [0.29, 0.717) is 18.8 Å². The number of aromatic nitrogens is 1. The maximum atomic E-state index is 12.1. The number of alkyl halides is 3. The Morgan fingerprint density at radius 1 is 1.23 bits per heavy atom. The van der Waals surface area contributed by atoms with Crippen LogP contribution in [0.4, 0.5) is 23.7 Å². The third-order valence-electron chi connectivity index (χ3n) is 3.26. The molecule has 0 atom stereocenters. The van der Waals surface area contributed by atoms with Gasteiger partial charge < -0.3 is 15.0 Å². The van der Waals surface area contributed by atoms with Gasteiger partial charge in [0.1, 0.15) is 0 Å². The molecule has 2 heterocycles. The molecule has 1 aromatic heterocycles. The van der Waals surface area contributed by atoms with Gasteiger partial charge in [0.15, 0.2) is 6.61 Å². The van der Waals surface area contributed by atoms with E-state index in [0.717, 1.165) is 25.7 Å². The second kappa shape index (κ2) is 7.33. The van der Waals surface area contributed by atoms with Crippen LogP contribution in [0, 0.1) is 0 Å². The normalized spacial score (nSPS) is 16.0. The first kappa shape index (κ1) is 16.4. The van der Waals surface area contributed by atoms with Crippen molar-refractivity contribution in [3.05, 3.63) is 18.3 Å². The van der Waals surface area contributed by atoms with E-state index in [1.165, 1.54) is 18.3 Å². The average molecular weight is 317 g/mol. The number of nitrogens with zero attached hydrogens (tertiary/aromatic N) is 2. The maximum Gasteiger partial charge on any atom is 0.422 e. The van der Waals surface area contributed by atoms with E-state index >= 15 is 0 Å². The maximum absolute atomic E-state index is 12.1. The van der Waals surface area contributed by atoms with Crippen molar-refractivity contribution < 1.29 is 22.7 Å². The van der Waals surface area contributed by atoms with E-state index in [2.05, 4.69) is 15.0 Å². The number of ether oxygens (including phenoxy) is 1. The van der Waals surface area contributed by atoms with Crippen molar-refractivity contribution in [2.75, 3.05) is 25.0 Å². The number of anilines is 1. The van der Waals surface area contributed by atoms with Crippen LogP contribution in [0.5, 0.6) is 5.88 Å². The fourth-order valence-electron chi connectivity index (χ4n) is 2.17. The molecule has 1 aliphatic heterocycles. The topological polar surface area (TPSA) is 54.5 Å². The SMILES string of the molecule is O=C(Nc1ccc(OCC(F)(F)F)nc1)N1CCCCCC1. The van der Waals surface area contributed by atoms with E-state index in [1.54, 1.807) is 4.90 Å². The van der Waals surface area contributed by atoms with E-state index in [1.807, 2.05) is 0 Å². The van der Waals surface area contributed by atoms with E-state index < -0.39 is 12.8 Å². The first-order valence-electron chi connectivity index (χ1n) is 7.15. The third kappa shape index (κ3) is 5.42. The number of nitrogens with one attached hydrogen (secondary N) is 1. The average Bonchev–Trinajstić information content (AvgIpc) is 2.75. The molecule has 0 saturated carbocycles. The first-order valence-corrected chi connectivity index (χ1v) is 7.15. The Morgan fingerprint density at radius 3 is 2.45 bits per heavy atom. The second-order valence-corrected chi connectivity index (χ2v) is 5.12. The van der Waals surface area contributed by atoms with E-state index in [4.69, 9.17) is 0 Å². The summed E-state index contributed by atoms with van der Waals surface area (Å²) in [6, 6.07) is 2.55. The number of rotatable bonds is 3. The molecule has 22 heavy (non-hydrogen) atoms. The summed E-state index contributed by atoms with van der Waals surface area (Å²) in [5, 5.41) is 2.69. The number of carbonyl (C=O) groups excluding carboxylic acids is 1. The Hall–Kier alpha value is -1.99. The fraction of sp³-hybridized carbons (Fsp3) is 0.571. The fourth-order valence-corrected chi connectivity index (χ4v) is 2.17. The lowest BCUT2D eigenvalue weighted by Crippen LogP contribution is -2.35. The molecule has 2 amide bonds. The van der Waals surface area contributed by atoms with Gasteiger partial charge >= 0.3 is 12.2 Å². The minimum atomic E-state index is -4.40. The summed E-state index contributed by atoms with van der Waals surface area (Å²) in [4.78, 5) is 17.5. The number of carbonyl (C=O) groups is 1. The Labute approximate surface area is 126 Å². The molecular formula is C14H18F3N3O2. The summed E-state index contributed by atoms with van der Waals surface area (Å²) in [6.45, 7) is 0.0392. The van der Waals surface area contributed by atoms with Crippen molar-refractivity contribution in [1.82, 2.24) is 9.88 Å². The molecule has 0 bridgehead atoms. The van der Waals surface area contributed by atoms with Crippen molar-refractivity contribution in [3.8, 4) is 5.88 Å². The van der Waals surface area contributed by atoms with Crippen LogP contribution < -0.4 is 10.1 Å². The third-order valence-corrected chi connectivity index (χ3v) is 3.26. The smallest absolute Gasteiger partial charge is 0.422 e. The van der Waals surface area contributed by atoms with Gasteiger partial charge in [-0.3, -0.25) is 0 Å². The highest BCUT2D eigenvalue weighted by atomic mass is 19.4. The zero-order valence-corrected chi connectivity index (χ0v) is 12.0. The number of likely N-dealkylation sites (tertiary alicyclic amines) is 1. The van der Waals surface area contributed by atoms with Gasteiger partial charge in [0.25, 0.3) is 0 Å². The molecule has 0 spiro atoms. The monoisotopic (exact) mass is 317 g/mol.